The zero-order chi connectivity index (χ0) is 15.2. The Morgan fingerprint density at radius 2 is 2.00 bits per heavy atom. The molecule has 0 aromatic carbocycles. The molecule has 1 aliphatic rings. The normalized spacial score (nSPS) is 28.4. The van der Waals surface area contributed by atoms with Crippen molar-refractivity contribution in [1.82, 2.24) is 5.32 Å². The Bertz CT molecular complexity index is 297. The first kappa shape index (κ1) is 17.4. The monoisotopic (exact) mass is 284 g/mol. The Kier molecular flexibility index (Phi) is 6.96. The van der Waals surface area contributed by atoms with E-state index in [2.05, 4.69) is 26.1 Å². The predicted octanol–water partition coefficient (Wildman–Crippen LogP) is 2.05. The molecule has 118 valence electrons. The van der Waals surface area contributed by atoms with Gasteiger partial charge in [0.15, 0.2) is 0 Å². The van der Waals surface area contributed by atoms with E-state index >= 15 is 0 Å². The maximum absolute atomic E-state index is 12.0. The van der Waals surface area contributed by atoms with Crippen molar-refractivity contribution >= 4 is 5.91 Å². The van der Waals surface area contributed by atoms with Gasteiger partial charge in [0.05, 0.1) is 5.60 Å². The van der Waals surface area contributed by atoms with Gasteiger partial charge in [0.2, 0.25) is 5.91 Å². The van der Waals surface area contributed by atoms with Gasteiger partial charge in [-0.1, -0.05) is 20.8 Å². The largest absolute Gasteiger partial charge is 0.388 e. The summed E-state index contributed by atoms with van der Waals surface area (Å²) in [5.74, 6) is 1.52. The summed E-state index contributed by atoms with van der Waals surface area (Å²) in [4.78, 5) is 12.0. The molecule has 1 amide bonds. The molecule has 0 spiro atoms. The summed E-state index contributed by atoms with van der Waals surface area (Å²) < 4.78 is 0. The van der Waals surface area contributed by atoms with Crippen LogP contribution in [0, 0.1) is 17.8 Å². The van der Waals surface area contributed by atoms with Crippen LogP contribution in [0.5, 0.6) is 0 Å². The van der Waals surface area contributed by atoms with Crippen LogP contribution in [0.15, 0.2) is 0 Å². The van der Waals surface area contributed by atoms with Gasteiger partial charge in [-0.3, -0.25) is 4.79 Å². The standard InChI is InChI=1S/C16H32N2O2/c1-12(2)8-14(10-17)9-15(19)18-11-16(20)6-4-13(3)5-7-16/h12-14,20H,4-11,17H2,1-3H3,(H,18,19)/t13?,14-,16?/m0/s1. The number of carbonyl (C=O) groups excluding carboxylic acids is 1. The van der Waals surface area contributed by atoms with Gasteiger partial charge in [-0.15, -0.1) is 0 Å². The third-order valence-electron chi connectivity index (χ3n) is 4.43. The zero-order valence-electron chi connectivity index (χ0n) is 13.3. The van der Waals surface area contributed by atoms with Crippen LogP contribution in [-0.2, 0) is 4.79 Å². The summed E-state index contributed by atoms with van der Waals surface area (Å²) in [7, 11) is 0. The molecule has 4 nitrogen and oxygen atoms in total. The highest BCUT2D eigenvalue weighted by molar-refractivity contribution is 5.76. The zero-order valence-corrected chi connectivity index (χ0v) is 13.3. The average Bonchev–Trinajstić information content (AvgIpc) is 2.39. The van der Waals surface area contributed by atoms with Gasteiger partial charge in [0.1, 0.15) is 0 Å². The SMILES string of the molecule is CC(C)C[C@H](CN)CC(=O)NCC1(O)CCC(C)CC1. The van der Waals surface area contributed by atoms with Crippen LogP contribution in [-0.4, -0.2) is 29.7 Å². The topological polar surface area (TPSA) is 75.4 Å². The molecule has 1 aliphatic carbocycles. The van der Waals surface area contributed by atoms with Crippen LogP contribution in [0.25, 0.3) is 0 Å². The van der Waals surface area contributed by atoms with Gasteiger partial charge in [0, 0.05) is 13.0 Å². The van der Waals surface area contributed by atoms with E-state index in [4.69, 9.17) is 5.73 Å². The smallest absolute Gasteiger partial charge is 0.220 e. The van der Waals surface area contributed by atoms with E-state index in [9.17, 15) is 9.90 Å². The Morgan fingerprint density at radius 1 is 1.40 bits per heavy atom. The number of hydrogen-bond donors (Lipinski definition) is 3. The fraction of sp³-hybridized carbons (Fsp3) is 0.938. The molecule has 1 rings (SSSR count). The lowest BCUT2D eigenvalue weighted by molar-refractivity contribution is -0.123. The van der Waals surface area contributed by atoms with Gasteiger partial charge in [0.25, 0.3) is 0 Å². The first-order chi connectivity index (χ1) is 9.34. The van der Waals surface area contributed by atoms with Crippen molar-refractivity contribution in [3.05, 3.63) is 0 Å². The molecular weight excluding hydrogens is 252 g/mol. The van der Waals surface area contributed by atoms with E-state index in [1.807, 2.05) is 0 Å². The van der Waals surface area contributed by atoms with Crippen LogP contribution in [0.4, 0.5) is 0 Å². The molecule has 0 bridgehead atoms. The molecule has 4 heteroatoms. The Balaban J connectivity index is 2.31. The van der Waals surface area contributed by atoms with Gasteiger partial charge in [-0.05, 0) is 56.4 Å². The molecule has 0 saturated heterocycles. The minimum atomic E-state index is -0.696. The number of aliphatic hydroxyl groups is 1. The summed E-state index contributed by atoms with van der Waals surface area (Å²) >= 11 is 0. The number of rotatable bonds is 7. The summed E-state index contributed by atoms with van der Waals surface area (Å²) in [5.41, 5.74) is 5.02. The van der Waals surface area contributed by atoms with Crippen LogP contribution in [0.1, 0.15) is 59.3 Å². The highest BCUT2D eigenvalue weighted by Crippen LogP contribution is 2.31. The molecule has 1 saturated carbocycles. The minimum Gasteiger partial charge on any atom is -0.388 e. The summed E-state index contributed by atoms with van der Waals surface area (Å²) in [6.45, 7) is 7.44. The fourth-order valence-corrected chi connectivity index (χ4v) is 3.00. The summed E-state index contributed by atoms with van der Waals surface area (Å²) in [5, 5.41) is 13.3. The average molecular weight is 284 g/mol. The number of nitrogens with two attached hydrogens (primary N) is 1. The van der Waals surface area contributed by atoms with Crippen LogP contribution in [0.3, 0.4) is 0 Å². The number of carbonyl (C=O) groups is 1. The molecule has 0 radical (unpaired) electrons. The van der Waals surface area contributed by atoms with Crippen LogP contribution >= 0.6 is 0 Å². The van der Waals surface area contributed by atoms with Gasteiger partial charge in [-0.25, -0.2) is 0 Å². The van der Waals surface area contributed by atoms with E-state index < -0.39 is 5.60 Å². The second-order valence-electron chi connectivity index (χ2n) is 7.12. The van der Waals surface area contributed by atoms with Gasteiger partial charge < -0.3 is 16.2 Å². The first-order valence-electron chi connectivity index (χ1n) is 8.04. The predicted molar refractivity (Wildman–Crippen MR) is 82.2 cm³/mol. The second-order valence-corrected chi connectivity index (χ2v) is 7.12. The van der Waals surface area contributed by atoms with E-state index in [-0.39, 0.29) is 11.8 Å². The Labute approximate surface area is 123 Å². The van der Waals surface area contributed by atoms with Gasteiger partial charge in [-0.2, -0.15) is 0 Å². The fourth-order valence-electron chi connectivity index (χ4n) is 3.00. The van der Waals surface area contributed by atoms with Gasteiger partial charge >= 0.3 is 0 Å². The lowest BCUT2D eigenvalue weighted by Crippen LogP contribution is -2.45. The molecule has 0 aromatic heterocycles. The Morgan fingerprint density at radius 3 is 2.50 bits per heavy atom. The molecule has 0 heterocycles. The Hall–Kier alpha value is -0.610. The maximum atomic E-state index is 12.0. The van der Waals surface area contributed by atoms with Crippen LogP contribution in [0.2, 0.25) is 0 Å². The van der Waals surface area contributed by atoms with E-state index in [1.54, 1.807) is 0 Å². The summed E-state index contributed by atoms with van der Waals surface area (Å²) in [6, 6.07) is 0. The van der Waals surface area contributed by atoms with Crippen molar-refractivity contribution in [1.29, 1.82) is 0 Å². The molecule has 1 fully saturated rings. The highest BCUT2D eigenvalue weighted by Gasteiger charge is 2.32. The minimum absolute atomic E-state index is 0.0214. The molecule has 1 atom stereocenters. The van der Waals surface area contributed by atoms with E-state index in [0.717, 1.165) is 32.1 Å². The van der Waals surface area contributed by atoms with Crippen molar-refractivity contribution in [2.24, 2.45) is 23.5 Å². The second kappa shape index (κ2) is 7.99. The van der Waals surface area contributed by atoms with E-state index in [0.29, 0.717) is 31.3 Å². The molecule has 20 heavy (non-hydrogen) atoms. The lowest BCUT2D eigenvalue weighted by atomic mass is 9.79. The van der Waals surface area contributed by atoms with Crippen LogP contribution < -0.4 is 11.1 Å². The number of amides is 1. The van der Waals surface area contributed by atoms with Crippen molar-refractivity contribution in [2.75, 3.05) is 13.1 Å². The van der Waals surface area contributed by atoms with E-state index in [1.165, 1.54) is 0 Å². The molecule has 4 N–H and O–H groups in total. The summed E-state index contributed by atoms with van der Waals surface area (Å²) in [6.07, 6.45) is 5.13. The third-order valence-corrected chi connectivity index (χ3v) is 4.43. The molecule has 0 unspecified atom stereocenters. The molecule has 0 aromatic rings. The third kappa shape index (κ3) is 6.23. The molecule has 0 aliphatic heterocycles. The van der Waals surface area contributed by atoms with Crippen molar-refractivity contribution < 1.29 is 9.90 Å². The maximum Gasteiger partial charge on any atom is 0.220 e. The van der Waals surface area contributed by atoms with Crippen molar-refractivity contribution in [2.45, 2.75) is 64.9 Å². The molecular formula is C16H32N2O2. The highest BCUT2D eigenvalue weighted by atomic mass is 16.3. The van der Waals surface area contributed by atoms with Crippen molar-refractivity contribution in [3.63, 3.8) is 0 Å². The lowest BCUT2D eigenvalue weighted by Gasteiger charge is -2.35. The first-order valence-corrected chi connectivity index (χ1v) is 8.04. The quantitative estimate of drug-likeness (QED) is 0.670. The number of nitrogens with one attached hydrogen (secondary N) is 1. The number of hydrogen-bond acceptors (Lipinski definition) is 3. The van der Waals surface area contributed by atoms with Crippen molar-refractivity contribution in [3.8, 4) is 0 Å².